The molecule has 3 rings (SSSR count). The maximum absolute atomic E-state index is 12.8. The van der Waals surface area contributed by atoms with E-state index >= 15 is 0 Å². The molecule has 30 heavy (non-hydrogen) atoms. The molecule has 1 aromatic carbocycles. The van der Waals surface area contributed by atoms with Gasteiger partial charge in [-0.1, -0.05) is 30.3 Å². The summed E-state index contributed by atoms with van der Waals surface area (Å²) in [6.07, 6.45) is 3.93. The maximum atomic E-state index is 12.8. The topological polar surface area (TPSA) is 70.2 Å². The molecule has 7 nitrogen and oxygen atoms in total. The average Bonchev–Trinajstić information content (AvgIpc) is 3.08. The van der Waals surface area contributed by atoms with E-state index in [1.165, 1.54) is 11.8 Å². The van der Waals surface area contributed by atoms with Crippen molar-refractivity contribution in [3.05, 3.63) is 35.9 Å². The second-order valence-corrected chi connectivity index (χ2v) is 8.67. The number of carbonyl (C=O) groups is 3. The summed E-state index contributed by atoms with van der Waals surface area (Å²) in [5, 5.41) is 0. The Hall–Kier alpha value is -2.06. The van der Waals surface area contributed by atoms with Gasteiger partial charge in [-0.25, -0.2) is 0 Å². The second kappa shape index (κ2) is 11.4. The van der Waals surface area contributed by atoms with Gasteiger partial charge in [0.1, 0.15) is 0 Å². The van der Waals surface area contributed by atoms with Crippen LogP contribution in [-0.2, 0) is 25.7 Å². The lowest BCUT2D eigenvalue weighted by molar-refractivity contribution is -0.137. The van der Waals surface area contributed by atoms with Crippen molar-refractivity contribution < 1.29 is 19.1 Å². The molecule has 2 aliphatic rings. The van der Waals surface area contributed by atoms with Gasteiger partial charge in [-0.3, -0.25) is 14.4 Å². The highest BCUT2D eigenvalue weighted by Gasteiger charge is 2.30. The molecule has 8 heteroatoms. The van der Waals surface area contributed by atoms with Crippen LogP contribution in [0.4, 0.5) is 0 Å². The Labute approximate surface area is 182 Å². The molecule has 1 unspecified atom stereocenters. The summed E-state index contributed by atoms with van der Waals surface area (Å²) in [5.41, 5.74) is 1.06. The van der Waals surface area contributed by atoms with Crippen molar-refractivity contribution in [1.29, 1.82) is 0 Å². The number of carbonyl (C=O) groups excluding carboxylic acids is 3. The van der Waals surface area contributed by atoms with Crippen molar-refractivity contribution in [3.63, 3.8) is 0 Å². The van der Waals surface area contributed by atoms with Gasteiger partial charge in [-0.15, -0.1) is 0 Å². The van der Waals surface area contributed by atoms with Crippen LogP contribution >= 0.6 is 11.8 Å². The first kappa shape index (κ1) is 22.6. The van der Waals surface area contributed by atoms with Gasteiger partial charge in [0, 0.05) is 39.1 Å². The molecule has 3 amide bonds. The van der Waals surface area contributed by atoms with E-state index in [0.29, 0.717) is 45.0 Å². The van der Waals surface area contributed by atoms with Gasteiger partial charge in [0.2, 0.25) is 17.7 Å². The molecule has 164 valence electrons. The summed E-state index contributed by atoms with van der Waals surface area (Å²) in [4.78, 5) is 42.4. The van der Waals surface area contributed by atoms with E-state index in [2.05, 4.69) is 0 Å². The molecule has 2 fully saturated rings. The quantitative estimate of drug-likeness (QED) is 0.592. The van der Waals surface area contributed by atoms with Crippen LogP contribution in [0.5, 0.6) is 0 Å². The number of rotatable bonds is 9. The molecule has 0 aromatic heterocycles. The number of nitrogens with zero attached hydrogens (tertiary/aromatic N) is 3. The molecule has 0 aliphatic carbocycles. The highest BCUT2D eigenvalue weighted by Crippen LogP contribution is 2.14. The van der Waals surface area contributed by atoms with Crippen molar-refractivity contribution in [1.82, 2.24) is 14.7 Å². The Morgan fingerprint density at radius 3 is 2.57 bits per heavy atom. The molecule has 2 saturated heterocycles. The lowest BCUT2D eigenvalue weighted by Crippen LogP contribution is -2.41. The molecule has 0 N–H and O–H groups in total. The third kappa shape index (κ3) is 6.47. The van der Waals surface area contributed by atoms with Gasteiger partial charge in [0.15, 0.2) is 0 Å². The maximum Gasteiger partial charge on any atom is 0.242 e. The van der Waals surface area contributed by atoms with E-state index in [4.69, 9.17) is 4.74 Å². The third-order valence-electron chi connectivity index (χ3n) is 5.50. The summed E-state index contributed by atoms with van der Waals surface area (Å²) < 4.78 is 6.12. The first-order chi connectivity index (χ1) is 14.6. The number of hydrogen-bond acceptors (Lipinski definition) is 5. The SMILES string of the molecule is CSCC(=O)N1CC(=O)N(CCCN2CCCC2=O)CC(OCc2ccccc2)C1. The molecule has 2 heterocycles. The first-order valence-electron chi connectivity index (χ1n) is 10.5. The van der Waals surface area contributed by atoms with E-state index in [1.54, 1.807) is 9.80 Å². The monoisotopic (exact) mass is 433 g/mol. The Morgan fingerprint density at radius 2 is 1.87 bits per heavy atom. The molecule has 0 spiro atoms. The van der Waals surface area contributed by atoms with Crippen LogP contribution in [0.1, 0.15) is 24.8 Å². The lowest BCUT2D eigenvalue weighted by Gasteiger charge is -2.25. The van der Waals surface area contributed by atoms with Crippen LogP contribution in [-0.4, -0.2) is 89.8 Å². The van der Waals surface area contributed by atoms with Crippen LogP contribution in [0.3, 0.4) is 0 Å². The fourth-order valence-corrected chi connectivity index (χ4v) is 4.32. The Bertz CT molecular complexity index is 730. The van der Waals surface area contributed by atoms with Crippen LogP contribution in [0, 0.1) is 0 Å². The van der Waals surface area contributed by atoms with E-state index in [1.807, 2.05) is 41.5 Å². The van der Waals surface area contributed by atoms with Crippen molar-refractivity contribution in [3.8, 4) is 0 Å². The van der Waals surface area contributed by atoms with Crippen molar-refractivity contribution in [2.75, 3.05) is 51.3 Å². The van der Waals surface area contributed by atoms with Gasteiger partial charge in [0.25, 0.3) is 0 Å². The molecule has 0 saturated carbocycles. The molecular formula is C22H31N3O4S. The number of benzene rings is 1. The van der Waals surface area contributed by atoms with Crippen LogP contribution in [0.2, 0.25) is 0 Å². The van der Waals surface area contributed by atoms with Gasteiger partial charge in [-0.2, -0.15) is 11.8 Å². The fourth-order valence-electron chi connectivity index (χ4n) is 3.89. The number of likely N-dealkylation sites (tertiary alicyclic amines) is 1. The van der Waals surface area contributed by atoms with Crippen molar-refractivity contribution >= 4 is 29.5 Å². The Morgan fingerprint density at radius 1 is 1.10 bits per heavy atom. The highest BCUT2D eigenvalue weighted by atomic mass is 32.2. The van der Waals surface area contributed by atoms with E-state index in [9.17, 15) is 14.4 Å². The van der Waals surface area contributed by atoms with Crippen LogP contribution in [0.25, 0.3) is 0 Å². The zero-order valence-corrected chi connectivity index (χ0v) is 18.4. The van der Waals surface area contributed by atoms with Crippen LogP contribution < -0.4 is 0 Å². The third-order valence-corrected chi connectivity index (χ3v) is 6.04. The summed E-state index contributed by atoms with van der Waals surface area (Å²) in [6, 6.07) is 9.90. The van der Waals surface area contributed by atoms with Crippen LogP contribution in [0.15, 0.2) is 30.3 Å². The summed E-state index contributed by atoms with van der Waals surface area (Å²) >= 11 is 1.46. The minimum atomic E-state index is -0.240. The van der Waals surface area contributed by atoms with Crippen molar-refractivity contribution in [2.45, 2.75) is 32.0 Å². The lowest BCUT2D eigenvalue weighted by atomic mass is 10.2. The summed E-state index contributed by atoms with van der Waals surface area (Å²) in [7, 11) is 0. The predicted molar refractivity (Wildman–Crippen MR) is 117 cm³/mol. The van der Waals surface area contributed by atoms with Gasteiger partial charge < -0.3 is 19.4 Å². The van der Waals surface area contributed by atoms with Gasteiger partial charge in [0.05, 0.1) is 25.0 Å². The molecule has 2 aliphatic heterocycles. The molecule has 1 atom stereocenters. The number of thioether (sulfide) groups is 1. The highest BCUT2D eigenvalue weighted by molar-refractivity contribution is 7.99. The zero-order chi connectivity index (χ0) is 21.3. The first-order valence-corrected chi connectivity index (χ1v) is 11.9. The average molecular weight is 434 g/mol. The largest absolute Gasteiger partial charge is 0.370 e. The van der Waals surface area contributed by atoms with Gasteiger partial charge >= 0.3 is 0 Å². The van der Waals surface area contributed by atoms with E-state index in [-0.39, 0.29) is 30.4 Å². The Balaban J connectivity index is 1.60. The smallest absolute Gasteiger partial charge is 0.242 e. The minimum absolute atomic E-state index is 0.0336. The number of ether oxygens (including phenoxy) is 1. The number of hydrogen-bond donors (Lipinski definition) is 0. The second-order valence-electron chi connectivity index (χ2n) is 7.80. The zero-order valence-electron chi connectivity index (χ0n) is 17.6. The van der Waals surface area contributed by atoms with Gasteiger partial charge in [-0.05, 0) is 24.7 Å². The summed E-state index contributed by atoms with van der Waals surface area (Å²) in [5.74, 6) is 0.474. The minimum Gasteiger partial charge on any atom is -0.370 e. The molecule has 0 radical (unpaired) electrons. The normalized spacial score (nSPS) is 20.0. The molecule has 0 bridgehead atoms. The van der Waals surface area contributed by atoms with Crippen molar-refractivity contribution in [2.24, 2.45) is 0 Å². The molecule has 1 aromatic rings. The Kier molecular flexibility index (Phi) is 8.57. The standard InChI is InChI=1S/C22H31N3O4S/c1-30-17-22(28)25-14-19(29-16-18-7-3-2-4-8-18)13-24(21(27)15-25)12-6-11-23-10-5-9-20(23)26/h2-4,7-8,19H,5-6,9-17H2,1H3. The number of amides is 3. The molecular weight excluding hydrogens is 402 g/mol. The fraction of sp³-hybridized carbons (Fsp3) is 0.591. The predicted octanol–water partition coefficient (Wildman–Crippen LogP) is 1.62. The summed E-state index contributed by atoms with van der Waals surface area (Å²) in [6.45, 7) is 3.47. The van der Waals surface area contributed by atoms with E-state index < -0.39 is 0 Å². The van der Waals surface area contributed by atoms with E-state index in [0.717, 1.165) is 24.9 Å².